The summed E-state index contributed by atoms with van der Waals surface area (Å²) in [5.74, 6) is 2.03. The molecule has 1 saturated carbocycles. The van der Waals surface area contributed by atoms with Gasteiger partial charge in [-0.25, -0.2) is 0 Å². The Balaban J connectivity index is 2.05. The van der Waals surface area contributed by atoms with Gasteiger partial charge >= 0.3 is 0 Å². The third-order valence-electron chi connectivity index (χ3n) is 3.61. The molecule has 4 nitrogen and oxygen atoms in total. The Labute approximate surface area is 108 Å². The fraction of sp³-hybridized carbons (Fsp3) is 0.500. The van der Waals surface area contributed by atoms with Crippen LogP contribution >= 0.6 is 0 Å². The minimum absolute atomic E-state index is 0.0171. The molecular formula is C14H20N2O2. The molecule has 0 saturated heterocycles. The van der Waals surface area contributed by atoms with Gasteiger partial charge in [-0.15, -0.1) is 0 Å². The molecule has 0 aliphatic heterocycles. The molecular weight excluding hydrogens is 228 g/mol. The zero-order chi connectivity index (χ0) is 13.3. The molecule has 0 radical (unpaired) electrons. The van der Waals surface area contributed by atoms with Crippen molar-refractivity contribution in [3.8, 4) is 5.75 Å². The number of carbonyl (C=O) groups is 1. The van der Waals surface area contributed by atoms with Gasteiger partial charge in [0.15, 0.2) is 0 Å². The maximum absolute atomic E-state index is 12.2. The van der Waals surface area contributed by atoms with E-state index in [4.69, 9.17) is 10.5 Å². The molecule has 0 spiro atoms. The van der Waals surface area contributed by atoms with E-state index in [9.17, 15) is 4.79 Å². The van der Waals surface area contributed by atoms with Gasteiger partial charge in [-0.3, -0.25) is 4.79 Å². The summed E-state index contributed by atoms with van der Waals surface area (Å²) in [6.07, 6.45) is 1.22. The van der Waals surface area contributed by atoms with Crippen molar-refractivity contribution in [1.29, 1.82) is 0 Å². The van der Waals surface area contributed by atoms with E-state index in [0.29, 0.717) is 22.9 Å². The fourth-order valence-corrected chi connectivity index (χ4v) is 2.18. The summed E-state index contributed by atoms with van der Waals surface area (Å²) in [5, 5.41) is 0. The topological polar surface area (TPSA) is 55.6 Å². The van der Waals surface area contributed by atoms with Crippen LogP contribution in [0.5, 0.6) is 5.75 Å². The molecule has 1 aromatic rings. The zero-order valence-electron chi connectivity index (χ0n) is 11.1. The van der Waals surface area contributed by atoms with Gasteiger partial charge in [0.1, 0.15) is 5.75 Å². The summed E-state index contributed by atoms with van der Waals surface area (Å²) >= 11 is 0. The SMILES string of the molecule is COc1ccc(C(=O)N(C)CC2CC2C)cc1N. The molecule has 4 heteroatoms. The number of ether oxygens (including phenoxy) is 1. The van der Waals surface area contributed by atoms with Crippen molar-refractivity contribution in [2.75, 3.05) is 26.4 Å². The Morgan fingerprint density at radius 1 is 1.56 bits per heavy atom. The lowest BCUT2D eigenvalue weighted by Gasteiger charge is -2.17. The van der Waals surface area contributed by atoms with Crippen LogP contribution in [0.25, 0.3) is 0 Å². The summed E-state index contributed by atoms with van der Waals surface area (Å²) in [7, 11) is 3.40. The van der Waals surface area contributed by atoms with Crippen molar-refractivity contribution in [1.82, 2.24) is 4.90 Å². The normalized spacial score (nSPS) is 21.5. The Morgan fingerprint density at radius 2 is 2.22 bits per heavy atom. The van der Waals surface area contributed by atoms with Gasteiger partial charge in [-0.2, -0.15) is 0 Å². The third kappa shape index (κ3) is 2.58. The van der Waals surface area contributed by atoms with Gasteiger partial charge in [0.25, 0.3) is 5.91 Å². The van der Waals surface area contributed by atoms with Crippen LogP contribution in [0.1, 0.15) is 23.7 Å². The number of amides is 1. The number of methoxy groups -OCH3 is 1. The van der Waals surface area contributed by atoms with Crippen LogP contribution in [-0.4, -0.2) is 31.5 Å². The predicted octanol–water partition coefficient (Wildman–Crippen LogP) is 2.01. The third-order valence-corrected chi connectivity index (χ3v) is 3.61. The lowest BCUT2D eigenvalue weighted by atomic mass is 10.1. The highest BCUT2D eigenvalue weighted by atomic mass is 16.5. The summed E-state index contributed by atoms with van der Waals surface area (Å²) in [6.45, 7) is 3.04. The maximum atomic E-state index is 12.2. The van der Waals surface area contributed by atoms with Crippen molar-refractivity contribution < 1.29 is 9.53 Å². The van der Waals surface area contributed by atoms with E-state index in [1.807, 2.05) is 7.05 Å². The van der Waals surface area contributed by atoms with Crippen LogP contribution < -0.4 is 10.5 Å². The molecule has 1 amide bonds. The summed E-state index contributed by atoms with van der Waals surface area (Å²) in [6, 6.07) is 5.16. The van der Waals surface area contributed by atoms with Gasteiger partial charge in [-0.1, -0.05) is 6.92 Å². The average molecular weight is 248 g/mol. The molecule has 2 N–H and O–H groups in total. The van der Waals surface area contributed by atoms with Gasteiger partial charge in [0, 0.05) is 19.2 Å². The minimum Gasteiger partial charge on any atom is -0.495 e. The Hall–Kier alpha value is -1.71. The van der Waals surface area contributed by atoms with Crippen molar-refractivity contribution in [2.24, 2.45) is 11.8 Å². The number of carbonyl (C=O) groups excluding carboxylic acids is 1. The molecule has 1 aliphatic carbocycles. The van der Waals surface area contributed by atoms with Crippen LogP contribution in [0.15, 0.2) is 18.2 Å². The van der Waals surface area contributed by atoms with Gasteiger partial charge in [0.2, 0.25) is 0 Å². The molecule has 1 aliphatic rings. The van der Waals surface area contributed by atoms with Crippen LogP contribution in [-0.2, 0) is 0 Å². The second-order valence-electron chi connectivity index (χ2n) is 5.12. The van der Waals surface area contributed by atoms with Crippen molar-refractivity contribution in [3.63, 3.8) is 0 Å². The highest BCUT2D eigenvalue weighted by Gasteiger charge is 2.34. The Kier molecular flexibility index (Phi) is 3.45. The first kappa shape index (κ1) is 12.7. The summed E-state index contributed by atoms with van der Waals surface area (Å²) < 4.78 is 5.08. The fourth-order valence-electron chi connectivity index (χ4n) is 2.18. The number of rotatable bonds is 4. The first-order chi connectivity index (χ1) is 8.52. The number of nitrogens with two attached hydrogens (primary N) is 1. The predicted molar refractivity (Wildman–Crippen MR) is 71.6 cm³/mol. The number of hydrogen-bond donors (Lipinski definition) is 1. The van der Waals surface area contributed by atoms with E-state index < -0.39 is 0 Å². The number of nitrogens with zero attached hydrogens (tertiary/aromatic N) is 1. The highest BCUT2D eigenvalue weighted by molar-refractivity contribution is 5.95. The molecule has 0 bridgehead atoms. The van der Waals surface area contributed by atoms with Gasteiger partial charge < -0.3 is 15.4 Å². The second kappa shape index (κ2) is 4.88. The number of hydrogen-bond acceptors (Lipinski definition) is 3. The molecule has 98 valence electrons. The molecule has 0 aromatic heterocycles. The largest absolute Gasteiger partial charge is 0.495 e. The number of nitrogen functional groups attached to an aromatic ring is 1. The maximum Gasteiger partial charge on any atom is 0.253 e. The van der Waals surface area contributed by atoms with E-state index in [-0.39, 0.29) is 5.91 Å². The van der Waals surface area contributed by atoms with Crippen LogP contribution in [0.4, 0.5) is 5.69 Å². The lowest BCUT2D eigenvalue weighted by Crippen LogP contribution is -2.29. The molecule has 2 atom stereocenters. The van der Waals surface area contributed by atoms with Crippen molar-refractivity contribution in [3.05, 3.63) is 23.8 Å². The lowest BCUT2D eigenvalue weighted by molar-refractivity contribution is 0.0787. The Morgan fingerprint density at radius 3 is 2.72 bits per heavy atom. The summed E-state index contributed by atoms with van der Waals surface area (Å²) in [5.41, 5.74) is 6.92. The standard InChI is InChI=1S/C14H20N2O2/c1-9-6-11(9)8-16(2)14(17)10-4-5-13(18-3)12(15)7-10/h4-5,7,9,11H,6,8,15H2,1-3H3. The van der Waals surface area contributed by atoms with E-state index in [1.165, 1.54) is 6.42 Å². The molecule has 2 unspecified atom stereocenters. The number of benzene rings is 1. The summed E-state index contributed by atoms with van der Waals surface area (Å²) in [4.78, 5) is 14.0. The van der Waals surface area contributed by atoms with Crippen molar-refractivity contribution in [2.45, 2.75) is 13.3 Å². The molecule has 2 rings (SSSR count). The second-order valence-corrected chi connectivity index (χ2v) is 5.12. The minimum atomic E-state index is 0.0171. The van der Waals surface area contributed by atoms with Crippen molar-refractivity contribution >= 4 is 11.6 Å². The highest BCUT2D eigenvalue weighted by Crippen LogP contribution is 2.38. The Bertz CT molecular complexity index is 459. The van der Waals surface area contributed by atoms with E-state index in [1.54, 1.807) is 30.2 Å². The first-order valence-corrected chi connectivity index (χ1v) is 6.22. The smallest absolute Gasteiger partial charge is 0.253 e. The molecule has 1 fully saturated rings. The monoisotopic (exact) mass is 248 g/mol. The van der Waals surface area contributed by atoms with Crippen LogP contribution in [0.3, 0.4) is 0 Å². The van der Waals surface area contributed by atoms with Gasteiger partial charge in [0.05, 0.1) is 12.8 Å². The van der Waals surface area contributed by atoms with Crippen LogP contribution in [0.2, 0.25) is 0 Å². The van der Waals surface area contributed by atoms with E-state index in [0.717, 1.165) is 12.5 Å². The van der Waals surface area contributed by atoms with Crippen LogP contribution in [0, 0.1) is 11.8 Å². The molecule has 18 heavy (non-hydrogen) atoms. The molecule has 0 heterocycles. The van der Waals surface area contributed by atoms with Gasteiger partial charge in [-0.05, 0) is 36.5 Å². The van der Waals surface area contributed by atoms with E-state index >= 15 is 0 Å². The molecule has 1 aromatic carbocycles. The average Bonchev–Trinajstić information content (AvgIpc) is 3.03. The number of anilines is 1. The van der Waals surface area contributed by atoms with E-state index in [2.05, 4.69) is 6.92 Å². The quantitative estimate of drug-likeness (QED) is 0.829. The zero-order valence-corrected chi connectivity index (χ0v) is 11.1. The first-order valence-electron chi connectivity index (χ1n) is 6.22.